The maximum atomic E-state index is 13.9. The van der Waals surface area contributed by atoms with Gasteiger partial charge in [0, 0.05) is 31.6 Å². The second kappa shape index (κ2) is 7.46. The lowest BCUT2D eigenvalue weighted by molar-refractivity contribution is 0.239. The van der Waals surface area contributed by atoms with Crippen LogP contribution in [0.1, 0.15) is 25.8 Å². The number of halogens is 2. The van der Waals surface area contributed by atoms with Crippen molar-refractivity contribution in [3.8, 4) is 0 Å². The van der Waals surface area contributed by atoms with E-state index < -0.39 is 0 Å². The van der Waals surface area contributed by atoms with Gasteiger partial charge in [0.15, 0.2) is 0 Å². The molecule has 0 amide bonds. The van der Waals surface area contributed by atoms with E-state index in [0.717, 1.165) is 6.54 Å². The van der Waals surface area contributed by atoms with E-state index >= 15 is 0 Å². The Kier molecular flexibility index (Phi) is 6.25. The first-order chi connectivity index (χ1) is 8.90. The molecule has 3 nitrogen and oxygen atoms in total. The van der Waals surface area contributed by atoms with E-state index in [4.69, 9.17) is 22.7 Å². The summed E-state index contributed by atoms with van der Waals surface area (Å²) in [5, 5.41) is 7.43. The largest absolute Gasteiger partial charge is 0.388 e. The minimum absolute atomic E-state index is 0.147. The first-order valence-corrected chi connectivity index (χ1v) is 6.76. The van der Waals surface area contributed by atoms with Crippen molar-refractivity contribution in [2.45, 2.75) is 26.8 Å². The summed E-state index contributed by atoms with van der Waals surface area (Å²) in [6, 6.07) is 5.03. The van der Waals surface area contributed by atoms with Crippen LogP contribution in [0.25, 0.3) is 0 Å². The van der Waals surface area contributed by atoms with Gasteiger partial charge in [-0.15, -0.1) is 0 Å². The molecule has 1 aromatic carbocycles. The predicted molar refractivity (Wildman–Crippen MR) is 78.1 cm³/mol. The molecule has 19 heavy (non-hydrogen) atoms. The number of nitrogens with one attached hydrogen (secondary N) is 1. The minimum atomic E-state index is -0.360. The van der Waals surface area contributed by atoms with E-state index in [1.165, 1.54) is 0 Å². The van der Waals surface area contributed by atoms with Gasteiger partial charge in [0.25, 0.3) is 0 Å². The van der Waals surface area contributed by atoms with E-state index in [2.05, 4.69) is 18.7 Å². The van der Waals surface area contributed by atoms with Crippen molar-refractivity contribution in [3.63, 3.8) is 0 Å². The van der Waals surface area contributed by atoms with Gasteiger partial charge in [0.2, 0.25) is 0 Å². The molecule has 0 radical (unpaired) electrons. The van der Waals surface area contributed by atoms with E-state index in [9.17, 15) is 4.39 Å². The summed E-state index contributed by atoms with van der Waals surface area (Å²) in [6.45, 7) is 6.18. The van der Waals surface area contributed by atoms with Crippen molar-refractivity contribution in [2.24, 2.45) is 11.7 Å². The van der Waals surface area contributed by atoms with Crippen LogP contribution in [0.15, 0.2) is 18.2 Å². The average molecular weight is 286 g/mol. The van der Waals surface area contributed by atoms with E-state index in [1.54, 1.807) is 18.2 Å². The van der Waals surface area contributed by atoms with Gasteiger partial charge in [0.1, 0.15) is 5.82 Å². The molecule has 5 heteroatoms. The molecule has 0 unspecified atom stereocenters. The maximum absolute atomic E-state index is 13.9. The lowest BCUT2D eigenvalue weighted by Gasteiger charge is -2.24. The normalized spacial score (nSPS) is 11.3. The van der Waals surface area contributed by atoms with Gasteiger partial charge in [0.05, 0.1) is 10.9 Å². The summed E-state index contributed by atoms with van der Waals surface area (Å²) in [4.78, 5) is 2.10. The van der Waals surface area contributed by atoms with Crippen LogP contribution in [0.4, 0.5) is 4.39 Å². The summed E-state index contributed by atoms with van der Waals surface area (Å²) in [5.74, 6) is 0.260. The van der Waals surface area contributed by atoms with Crippen LogP contribution < -0.4 is 5.73 Å². The van der Waals surface area contributed by atoms with Crippen LogP contribution in [0, 0.1) is 17.1 Å². The Morgan fingerprint density at radius 2 is 2.16 bits per heavy atom. The van der Waals surface area contributed by atoms with Crippen molar-refractivity contribution in [3.05, 3.63) is 34.6 Å². The van der Waals surface area contributed by atoms with Crippen LogP contribution >= 0.6 is 11.6 Å². The molecule has 0 aromatic heterocycles. The Hall–Kier alpha value is -1.13. The van der Waals surface area contributed by atoms with Crippen LogP contribution in [0.5, 0.6) is 0 Å². The monoisotopic (exact) mass is 285 g/mol. The Balaban J connectivity index is 2.75. The highest BCUT2D eigenvalue weighted by Gasteiger charge is 2.13. The van der Waals surface area contributed by atoms with E-state index in [-0.39, 0.29) is 16.7 Å². The number of nitrogens with two attached hydrogens (primary N) is 1. The van der Waals surface area contributed by atoms with Crippen LogP contribution in [0.3, 0.4) is 0 Å². The Bertz CT molecular complexity index is 435. The fraction of sp³-hybridized carbons (Fsp3) is 0.500. The molecule has 0 aliphatic heterocycles. The smallest absolute Gasteiger partial charge is 0.146 e. The molecule has 0 heterocycles. The van der Waals surface area contributed by atoms with Crippen molar-refractivity contribution < 1.29 is 4.39 Å². The molecular formula is C14H21ClFN3. The minimum Gasteiger partial charge on any atom is -0.388 e. The zero-order chi connectivity index (χ0) is 14.4. The molecule has 0 aliphatic rings. The molecule has 0 saturated heterocycles. The first-order valence-electron chi connectivity index (χ1n) is 6.38. The van der Waals surface area contributed by atoms with Gasteiger partial charge in [-0.2, -0.15) is 0 Å². The SMILES string of the molecule is CC(C)CN(CCC(=N)N)Cc1cccc(Cl)c1F. The Labute approximate surface area is 119 Å². The lowest BCUT2D eigenvalue weighted by Crippen LogP contribution is -2.31. The number of hydrogen-bond donors (Lipinski definition) is 2. The fourth-order valence-corrected chi connectivity index (χ4v) is 2.14. The van der Waals surface area contributed by atoms with Crippen molar-refractivity contribution >= 4 is 17.4 Å². The molecule has 3 N–H and O–H groups in total. The fourth-order valence-electron chi connectivity index (χ4n) is 1.94. The lowest BCUT2D eigenvalue weighted by atomic mass is 10.1. The summed E-state index contributed by atoms with van der Waals surface area (Å²) in [7, 11) is 0. The van der Waals surface area contributed by atoms with Gasteiger partial charge in [-0.3, -0.25) is 10.3 Å². The molecule has 1 rings (SSSR count). The molecule has 0 fully saturated rings. The van der Waals surface area contributed by atoms with Gasteiger partial charge in [-0.25, -0.2) is 4.39 Å². The molecule has 0 aliphatic carbocycles. The highest BCUT2D eigenvalue weighted by atomic mass is 35.5. The topological polar surface area (TPSA) is 53.1 Å². The van der Waals surface area contributed by atoms with E-state index in [0.29, 0.717) is 31.0 Å². The average Bonchev–Trinajstić information content (AvgIpc) is 2.31. The van der Waals surface area contributed by atoms with Crippen molar-refractivity contribution in [1.82, 2.24) is 4.90 Å². The highest BCUT2D eigenvalue weighted by molar-refractivity contribution is 6.30. The van der Waals surface area contributed by atoms with Crippen molar-refractivity contribution in [2.75, 3.05) is 13.1 Å². The van der Waals surface area contributed by atoms with Crippen molar-refractivity contribution in [1.29, 1.82) is 5.41 Å². The Morgan fingerprint density at radius 3 is 2.74 bits per heavy atom. The quantitative estimate of drug-likeness (QED) is 0.597. The van der Waals surface area contributed by atoms with Gasteiger partial charge < -0.3 is 5.73 Å². The summed E-state index contributed by atoms with van der Waals surface area (Å²) >= 11 is 5.78. The predicted octanol–water partition coefficient (Wildman–Crippen LogP) is 3.26. The zero-order valence-corrected chi connectivity index (χ0v) is 12.2. The number of rotatable bonds is 7. The summed E-state index contributed by atoms with van der Waals surface area (Å²) in [5.41, 5.74) is 5.96. The third-order valence-corrected chi connectivity index (χ3v) is 3.04. The number of benzene rings is 1. The molecule has 106 valence electrons. The van der Waals surface area contributed by atoms with Crippen LogP contribution in [-0.4, -0.2) is 23.8 Å². The second-order valence-electron chi connectivity index (χ2n) is 5.12. The first kappa shape index (κ1) is 15.9. The Morgan fingerprint density at radius 1 is 1.47 bits per heavy atom. The molecule has 1 aromatic rings. The third-order valence-electron chi connectivity index (χ3n) is 2.75. The summed E-state index contributed by atoms with van der Waals surface area (Å²) in [6.07, 6.45) is 0.495. The zero-order valence-electron chi connectivity index (χ0n) is 11.4. The molecule has 0 saturated carbocycles. The molecule has 0 atom stereocenters. The van der Waals surface area contributed by atoms with E-state index in [1.807, 2.05) is 0 Å². The standard InChI is InChI=1S/C14H21ClFN3/c1-10(2)8-19(7-6-13(17)18)9-11-4-3-5-12(15)14(11)16/h3-5,10H,6-9H2,1-2H3,(H3,17,18). The third kappa shape index (κ3) is 5.57. The van der Waals surface area contributed by atoms with Crippen LogP contribution in [0.2, 0.25) is 5.02 Å². The number of nitrogens with zero attached hydrogens (tertiary/aromatic N) is 1. The van der Waals surface area contributed by atoms with Gasteiger partial charge in [-0.1, -0.05) is 37.6 Å². The summed E-state index contributed by atoms with van der Waals surface area (Å²) < 4.78 is 13.9. The molecule has 0 bridgehead atoms. The van der Waals surface area contributed by atoms with Gasteiger partial charge in [-0.05, 0) is 12.0 Å². The molecule has 0 spiro atoms. The second-order valence-corrected chi connectivity index (χ2v) is 5.52. The molecular weight excluding hydrogens is 265 g/mol. The highest BCUT2D eigenvalue weighted by Crippen LogP contribution is 2.19. The maximum Gasteiger partial charge on any atom is 0.146 e. The number of amidine groups is 1. The number of hydrogen-bond acceptors (Lipinski definition) is 2. The van der Waals surface area contributed by atoms with Gasteiger partial charge >= 0.3 is 0 Å². The van der Waals surface area contributed by atoms with Crippen LogP contribution in [-0.2, 0) is 6.54 Å².